The predicted molar refractivity (Wildman–Crippen MR) is 130 cm³/mol. The molecule has 2 aliphatic rings. The molecule has 0 radical (unpaired) electrons. The standard InChI is InChI=1S/C11H10F6O.C10H13N.C6H11NO/c1-6(18-2)7-3-8(10(12,13)14)5-9(4-7)11(15,16)17;11-10-6-9(7-10)8-4-2-1-3-5-8;8-6-7-4-2-1-3-5-7/h3-6H,1-2H3;1-5,9-10H,6-7,11H2;6H,1-5H2. The molecule has 1 saturated heterocycles. The van der Waals surface area contributed by atoms with Crippen LogP contribution in [-0.2, 0) is 21.9 Å². The van der Waals surface area contributed by atoms with Gasteiger partial charge < -0.3 is 15.4 Å². The molecule has 37 heavy (non-hydrogen) atoms. The molecule has 0 bridgehead atoms. The van der Waals surface area contributed by atoms with Gasteiger partial charge in [0.25, 0.3) is 0 Å². The van der Waals surface area contributed by atoms with Gasteiger partial charge in [-0.15, -0.1) is 0 Å². The number of carbonyl (C=O) groups is 1. The average Bonchev–Trinajstić information content (AvgIpc) is 2.87. The molecule has 1 unspecified atom stereocenters. The van der Waals surface area contributed by atoms with Gasteiger partial charge in [-0.2, -0.15) is 26.3 Å². The van der Waals surface area contributed by atoms with Crippen LogP contribution in [0.3, 0.4) is 0 Å². The van der Waals surface area contributed by atoms with Gasteiger partial charge in [0, 0.05) is 26.2 Å². The fraction of sp³-hybridized carbons (Fsp3) is 0.519. The van der Waals surface area contributed by atoms with Crippen molar-refractivity contribution in [2.45, 2.75) is 69.4 Å². The Hall–Kier alpha value is -2.59. The number of benzene rings is 2. The number of hydrogen-bond acceptors (Lipinski definition) is 3. The van der Waals surface area contributed by atoms with Gasteiger partial charge in [0.05, 0.1) is 17.2 Å². The van der Waals surface area contributed by atoms with E-state index in [1.807, 2.05) is 4.90 Å². The normalized spacial score (nSPS) is 20.4. The number of carbonyl (C=O) groups excluding carboxylic acids is 1. The Labute approximate surface area is 213 Å². The molecule has 1 saturated carbocycles. The van der Waals surface area contributed by atoms with Crippen molar-refractivity contribution in [1.29, 1.82) is 0 Å². The first-order chi connectivity index (χ1) is 17.3. The molecule has 1 heterocycles. The molecule has 2 aromatic carbocycles. The van der Waals surface area contributed by atoms with Crippen molar-refractivity contribution < 1.29 is 35.9 Å². The third kappa shape index (κ3) is 10.0. The summed E-state index contributed by atoms with van der Waals surface area (Å²) in [6.45, 7) is 3.32. The van der Waals surface area contributed by atoms with E-state index in [1.54, 1.807) is 0 Å². The van der Waals surface area contributed by atoms with Crippen LogP contribution in [0.25, 0.3) is 0 Å². The highest BCUT2D eigenvalue weighted by Crippen LogP contribution is 2.38. The maximum atomic E-state index is 12.5. The maximum absolute atomic E-state index is 12.5. The maximum Gasteiger partial charge on any atom is 0.416 e. The molecule has 4 nitrogen and oxygen atoms in total. The Morgan fingerprint density at radius 3 is 1.81 bits per heavy atom. The number of ether oxygens (including phenoxy) is 1. The lowest BCUT2D eigenvalue weighted by molar-refractivity contribution is -0.143. The number of rotatable bonds is 4. The van der Waals surface area contributed by atoms with Crippen LogP contribution in [0, 0.1) is 0 Å². The smallest absolute Gasteiger partial charge is 0.377 e. The van der Waals surface area contributed by atoms with E-state index in [1.165, 1.54) is 51.7 Å². The van der Waals surface area contributed by atoms with E-state index in [9.17, 15) is 31.1 Å². The molecule has 0 aromatic heterocycles. The van der Waals surface area contributed by atoms with E-state index in [-0.39, 0.29) is 11.6 Å². The van der Waals surface area contributed by atoms with Gasteiger partial charge in [0.15, 0.2) is 0 Å². The van der Waals surface area contributed by atoms with Crippen molar-refractivity contribution in [1.82, 2.24) is 4.90 Å². The second-order valence-corrected chi connectivity index (χ2v) is 9.26. The van der Waals surface area contributed by atoms with Crippen molar-refractivity contribution in [3.63, 3.8) is 0 Å². The van der Waals surface area contributed by atoms with Gasteiger partial charge in [-0.25, -0.2) is 0 Å². The first kappa shape index (κ1) is 30.6. The molecule has 1 aliphatic carbocycles. The first-order valence-electron chi connectivity index (χ1n) is 12.2. The van der Waals surface area contributed by atoms with Crippen molar-refractivity contribution in [3.8, 4) is 0 Å². The number of nitrogens with zero attached hydrogens (tertiary/aromatic N) is 1. The topological polar surface area (TPSA) is 55.6 Å². The summed E-state index contributed by atoms with van der Waals surface area (Å²) in [5.74, 6) is 0.742. The predicted octanol–water partition coefficient (Wildman–Crippen LogP) is 6.95. The average molecular weight is 533 g/mol. The molecule has 206 valence electrons. The van der Waals surface area contributed by atoms with Crippen LogP contribution < -0.4 is 5.73 Å². The minimum absolute atomic E-state index is 0.0892. The van der Waals surface area contributed by atoms with Crippen molar-refractivity contribution >= 4 is 6.41 Å². The van der Waals surface area contributed by atoms with Gasteiger partial charge in [0.1, 0.15) is 0 Å². The number of hydrogen-bond donors (Lipinski definition) is 1. The number of alkyl halides is 6. The zero-order valence-electron chi connectivity index (χ0n) is 21.0. The van der Waals surface area contributed by atoms with Crippen molar-refractivity contribution in [2.75, 3.05) is 20.2 Å². The minimum Gasteiger partial charge on any atom is -0.377 e. The fourth-order valence-corrected chi connectivity index (χ4v) is 4.03. The zero-order chi connectivity index (χ0) is 27.6. The third-order valence-electron chi connectivity index (χ3n) is 6.42. The van der Waals surface area contributed by atoms with Crippen LogP contribution in [-0.4, -0.2) is 37.6 Å². The molecule has 2 aromatic rings. The van der Waals surface area contributed by atoms with Gasteiger partial charge in [-0.05, 0) is 74.3 Å². The number of methoxy groups -OCH3 is 1. The second kappa shape index (κ2) is 13.8. The lowest BCUT2D eigenvalue weighted by atomic mass is 9.76. The number of amides is 1. The number of nitrogens with two attached hydrogens (primary N) is 1. The summed E-state index contributed by atoms with van der Waals surface area (Å²) < 4.78 is 79.7. The number of likely N-dealkylation sites (tertiary alicyclic amines) is 1. The minimum atomic E-state index is -4.83. The zero-order valence-corrected chi connectivity index (χ0v) is 21.0. The summed E-state index contributed by atoms with van der Waals surface area (Å²) in [5, 5.41) is 0. The quantitative estimate of drug-likeness (QED) is 0.342. The largest absolute Gasteiger partial charge is 0.416 e. The van der Waals surface area contributed by atoms with E-state index in [4.69, 9.17) is 10.5 Å². The van der Waals surface area contributed by atoms with E-state index in [0.29, 0.717) is 18.2 Å². The van der Waals surface area contributed by atoms with Crippen LogP contribution in [0.1, 0.15) is 73.3 Å². The molecule has 2 N–H and O–H groups in total. The Morgan fingerprint density at radius 2 is 1.43 bits per heavy atom. The van der Waals surface area contributed by atoms with Crippen LogP contribution >= 0.6 is 0 Å². The highest BCUT2D eigenvalue weighted by Gasteiger charge is 2.37. The van der Waals surface area contributed by atoms with Gasteiger partial charge in [-0.1, -0.05) is 30.3 Å². The molecular weight excluding hydrogens is 498 g/mol. The summed E-state index contributed by atoms with van der Waals surface area (Å²) in [5.41, 5.74) is 4.32. The van der Waals surface area contributed by atoms with Crippen LogP contribution in [0.4, 0.5) is 26.3 Å². The van der Waals surface area contributed by atoms with Gasteiger partial charge in [0.2, 0.25) is 6.41 Å². The number of halogens is 6. The molecule has 0 spiro atoms. The van der Waals surface area contributed by atoms with E-state index in [2.05, 4.69) is 30.3 Å². The fourth-order valence-electron chi connectivity index (χ4n) is 4.03. The van der Waals surface area contributed by atoms with Gasteiger partial charge in [-0.3, -0.25) is 4.79 Å². The van der Waals surface area contributed by atoms with Gasteiger partial charge >= 0.3 is 12.4 Å². The monoisotopic (exact) mass is 532 g/mol. The molecule has 1 aliphatic heterocycles. The van der Waals surface area contributed by atoms with E-state index in [0.717, 1.165) is 25.4 Å². The van der Waals surface area contributed by atoms with Crippen molar-refractivity contribution in [3.05, 3.63) is 70.8 Å². The Kier molecular flexibility index (Phi) is 11.4. The summed E-state index contributed by atoms with van der Waals surface area (Å²) in [6.07, 6.45) is -3.55. The summed E-state index contributed by atoms with van der Waals surface area (Å²) >= 11 is 0. The third-order valence-corrected chi connectivity index (χ3v) is 6.42. The van der Waals surface area contributed by atoms with E-state index < -0.39 is 29.6 Å². The number of piperidine rings is 1. The Morgan fingerprint density at radius 1 is 0.919 bits per heavy atom. The molecule has 1 amide bonds. The second-order valence-electron chi connectivity index (χ2n) is 9.26. The molecule has 2 fully saturated rings. The van der Waals surface area contributed by atoms with Crippen molar-refractivity contribution in [2.24, 2.45) is 5.73 Å². The summed E-state index contributed by atoms with van der Waals surface area (Å²) in [7, 11) is 1.21. The lowest BCUT2D eigenvalue weighted by Gasteiger charge is -2.32. The SMILES string of the molecule is COC(C)c1cc(C(F)(F)F)cc(C(F)(F)F)c1.NC1CC(c2ccccc2)C1.O=CN1CCCCC1. The highest BCUT2D eigenvalue weighted by molar-refractivity contribution is 5.46. The highest BCUT2D eigenvalue weighted by atomic mass is 19.4. The molecule has 10 heteroatoms. The van der Waals surface area contributed by atoms with Crippen LogP contribution in [0.2, 0.25) is 0 Å². The lowest BCUT2D eigenvalue weighted by Crippen LogP contribution is -2.34. The van der Waals surface area contributed by atoms with Crippen LogP contribution in [0.15, 0.2) is 48.5 Å². The Bertz CT molecular complexity index is 921. The van der Waals surface area contributed by atoms with Crippen LogP contribution in [0.5, 0.6) is 0 Å². The van der Waals surface area contributed by atoms with E-state index >= 15 is 0 Å². The summed E-state index contributed by atoms with van der Waals surface area (Å²) in [6, 6.07) is 12.5. The summed E-state index contributed by atoms with van der Waals surface area (Å²) in [4.78, 5) is 11.9. The molecule has 4 rings (SSSR count). The molecular formula is C27H34F6N2O2. The Balaban J connectivity index is 0.000000213. The first-order valence-corrected chi connectivity index (χ1v) is 12.2. The molecule has 1 atom stereocenters.